The summed E-state index contributed by atoms with van der Waals surface area (Å²) in [5, 5.41) is 0. The maximum atomic E-state index is 11.4. The van der Waals surface area contributed by atoms with E-state index in [0.717, 1.165) is 30.5 Å². The van der Waals surface area contributed by atoms with E-state index in [9.17, 15) is 4.79 Å². The highest BCUT2D eigenvalue weighted by molar-refractivity contribution is 5.73. The molecule has 5 nitrogen and oxygen atoms in total. The molecule has 5 heteroatoms. The van der Waals surface area contributed by atoms with Gasteiger partial charge >= 0.3 is 5.76 Å². The fraction of sp³-hybridized carbons (Fsp3) is 0.462. The number of aromatic nitrogens is 1. The van der Waals surface area contributed by atoms with E-state index in [0.29, 0.717) is 5.58 Å². The van der Waals surface area contributed by atoms with E-state index in [1.165, 1.54) is 4.57 Å². The Morgan fingerprint density at radius 2 is 2.33 bits per heavy atom. The first-order chi connectivity index (χ1) is 8.66. The van der Waals surface area contributed by atoms with Crippen LogP contribution in [0.3, 0.4) is 0 Å². The van der Waals surface area contributed by atoms with Gasteiger partial charge in [0.1, 0.15) is 0 Å². The Bertz CT molecular complexity index is 623. The van der Waals surface area contributed by atoms with Crippen molar-refractivity contribution >= 4 is 11.1 Å². The van der Waals surface area contributed by atoms with Crippen molar-refractivity contribution in [1.82, 2.24) is 4.57 Å². The van der Waals surface area contributed by atoms with Crippen molar-refractivity contribution in [1.29, 1.82) is 0 Å². The second-order valence-electron chi connectivity index (χ2n) is 4.73. The summed E-state index contributed by atoms with van der Waals surface area (Å²) >= 11 is 0. The Morgan fingerprint density at radius 3 is 3.06 bits per heavy atom. The zero-order valence-corrected chi connectivity index (χ0v) is 10.3. The highest BCUT2D eigenvalue weighted by Crippen LogP contribution is 2.26. The second-order valence-corrected chi connectivity index (χ2v) is 4.73. The minimum atomic E-state index is -0.354. The van der Waals surface area contributed by atoms with E-state index >= 15 is 0 Å². The molecule has 1 fully saturated rings. The van der Waals surface area contributed by atoms with Crippen LogP contribution >= 0.6 is 0 Å². The molecular formula is C13H16N2O3. The molecule has 1 saturated heterocycles. The summed E-state index contributed by atoms with van der Waals surface area (Å²) in [5.41, 5.74) is 8.49. The lowest BCUT2D eigenvalue weighted by Gasteiger charge is -2.18. The third-order valence-electron chi connectivity index (χ3n) is 3.57. The summed E-state index contributed by atoms with van der Waals surface area (Å²) in [6.45, 7) is 0.779. The average molecular weight is 248 g/mol. The molecule has 0 amide bonds. The summed E-state index contributed by atoms with van der Waals surface area (Å²) in [5.74, 6) is -0.354. The number of ether oxygens (including phenoxy) is 1. The first-order valence-corrected chi connectivity index (χ1v) is 6.13. The van der Waals surface area contributed by atoms with Gasteiger partial charge < -0.3 is 14.9 Å². The number of benzene rings is 1. The maximum Gasteiger partial charge on any atom is 0.419 e. The molecule has 3 rings (SSSR count). The molecule has 1 aromatic carbocycles. The molecule has 2 unspecified atom stereocenters. The standard InChI is InChI=1S/C13H16N2O3/c1-15-9-5-4-8(7-11(9)18-13(15)16)12(14)10-3-2-6-17-10/h4-5,7,10,12H,2-3,6,14H2,1H3. The van der Waals surface area contributed by atoms with Gasteiger partial charge in [-0.05, 0) is 30.5 Å². The third kappa shape index (κ3) is 1.76. The Kier molecular flexibility index (Phi) is 2.72. The third-order valence-corrected chi connectivity index (χ3v) is 3.57. The van der Waals surface area contributed by atoms with Crippen molar-refractivity contribution in [2.45, 2.75) is 25.0 Å². The highest BCUT2D eigenvalue weighted by atomic mass is 16.5. The van der Waals surface area contributed by atoms with Gasteiger partial charge in [0.05, 0.1) is 17.7 Å². The molecule has 0 radical (unpaired) electrons. The first kappa shape index (κ1) is 11.5. The van der Waals surface area contributed by atoms with Gasteiger partial charge in [-0.2, -0.15) is 0 Å². The summed E-state index contributed by atoms with van der Waals surface area (Å²) < 4.78 is 12.2. The summed E-state index contributed by atoms with van der Waals surface area (Å²) in [6, 6.07) is 5.47. The molecule has 96 valence electrons. The average Bonchev–Trinajstić information content (AvgIpc) is 2.98. The van der Waals surface area contributed by atoms with Gasteiger partial charge in [0.25, 0.3) is 0 Å². The van der Waals surface area contributed by atoms with Crippen LogP contribution < -0.4 is 11.5 Å². The number of hydrogen-bond acceptors (Lipinski definition) is 4. The molecule has 1 aromatic heterocycles. The molecule has 0 aliphatic carbocycles. The molecule has 0 bridgehead atoms. The normalized spacial score (nSPS) is 21.6. The van der Waals surface area contributed by atoms with Gasteiger partial charge in [-0.3, -0.25) is 4.57 Å². The molecule has 1 aliphatic rings. The number of nitrogens with two attached hydrogens (primary N) is 1. The van der Waals surface area contributed by atoms with E-state index in [2.05, 4.69) is 0 Å². The number of oxazole rings is 1. The van der Waals surface area contributed by atoms with Gasteiger partial charge in [0.15, 0.2) is 5.58 Å². The molecular weight excluding hydrogens is 232 g/mol. The monoisotopic (exact) mass is 248 g/mol. The molecule has 18 heavy (non-hydrogen) atoms. The van der Waals surface area contributed by atoms with Crippen LogP contribution in [0.1, 0.15) is 24.4 Å². The van der Waals surface area contributed by atoms with Gasteiger partial charge in [0.2, 0.25) is 0 Å². The fourth-order valence-electron chi connectivity index (χ4n) is 2.46. The van der Waals surface area contributed by atoms with Crippen molar-refractivity contribution in [3.63, 3.8) is 0 Å². The molecule has 2 aromatic rings. The minimum absolute atomic E-state index is 0.0675. The Labute approximate surface area is 104 Å². The van der Waals surface area contributed by atoms with Crippen molar-refractivity contribution in [3.8, 4) is 0 Å². The number of fused-ring (bicyclic) bond motifs is 1. The molecule has 0 saturated carbocycles. The zero-order valence-electron chi connectivity index (χ0n) is 10.3. The zero-order chi connectivity index (χ0) is 12.7. The van der Waals surface area contributed by atoms with Crippen molar-refractivity contribution < 1.29 is 9.15 Å². The lowest BCUT2D eigenvalue weighted by Crippen LogP contribution is -2.25. The van der Waals surface area contributed by atoms with Crippen LogP contribution in [-0.2, 0) is 11.8 Å². The smallest absolute Gasteiger partial charge is 0.408 e. The van der Waals surface area contributed by atoms with E-state index in [1.54, 1.807) is 7.05 Å². The topological polar surface area (TPSA) is 70.4 Å². The number of rotatable bonds is 2. The Hall–Kier alpha value is -1.59. The molecule has 2 N–H and O–H groups in total. The summed E-state index contributed by atoms with van der Waals surface area (Å²) in [7, 11) is 1.69. The van der Waals surface area contributed by atoms with Crippen LogP contribution in [0.2, 0.25) is 0 Å². The van der Waals surface area contributed by atoms with Gasteiger partial charge in [0, 0.05) is 13.7 Å². The molecule has 1 aliphatic heterocycles. The fourth-order valence-corrected chi connectivity index (χ4v) is 2.46. The summed E-state index contributed by atoms with van der Waals surface area (Å²) in [4.78, 5) is 11.4. The second kappa shape index (κ2) is 4.26. The van der Waals surface area contributed by atoms with Crippen LogP contribution in [-0.4, -0.2) is 17.3 Å². The van der Waals surface area contributed by atoms with Gasteiger partial charge in [-0.25, -0.2) is 4.79 Å². The molecule has 0 spiro atoms. The van der Waals surface area contributed by atoms with Crippen molar-refractivity contribution in [2.75, 3.05) is 6.61 Å². The largest absolute Gasteiger partial charge is 0.419 e. The summed E-state index contributed by atoms with van der Waals surface area (Å²) in [6.07, 6.45) is 2.11. The van der Waals surface area contributed by atoms with E-state index < -0.39 is 0 Å². The lowest BCUT2D eigenvalue weighted by atomic mass is 10.00. The Morgan fingerprint density at radius 1 is 1.50 bits per heavy atom. The van der Waals surface area contributed by atoms with Crippen LogP contribution in [0, 0.1) is 0 Å². The highest BCUT2D eigenvalue weighted by Gasteiger charge is 2.24. The van der Waals surface area contributed by atoms with Crippen LogP contribution in [0.4, 0.5) is 0 Å². The Balaban J connectivity index is 2.00. The van der Waals surface area contributed by atoms with E-state index in [4.69, 9.17) is 14.9 Å². The van der Waals surface area contributed by atoms with Crippen LogP contribution in [0.25, 0.3) is 11.1 Å². The lowest BCUT2D eigenvalue weighted by molar-refractivity contribution is 0.0900. The van der Waals surface area contributed by atoms with E-state index in [1.807, 2.05) is 18.2 Å². The first-order valence-electron chi connectivity index (χ1n) is 6.13. The predicted molar refractivity (Wildman–Crippen MR) is 67.4 cm³/mol. The van der Waals surface area contributed by atoms with Crippen molar-refractivity contribution in [2.24, 2.45) is 12.8 Å². The van der Waals surface area contributed by atoms with Crippen LogP contribution in [0.5, 0.6) is 0 Å². The van der Waals surface area contributed by atoms with E-state index in [-0.39, 0.29) is 17.9 Å². The quantitative estimate of drug-likeness (QED) is 0.869. The predicted octanol–water partition coefficient (Wildman–Crippen LogP) is 1.31. The maximum absolute atomic E-state index is 11.4. The molecule has 2 atom stereocenters. The molecule has 2 heterocycles. The number of nitrogens with zero attached hydrogens (tertiary/aromatic N) is 1. The number of aryl methyl sites for hydroxylation is 1. The van der Waals surface area contributed by atoms with Crippen molar-refractivity contribution in [3.05, 3.63) is 34.3 Å². The minimum Gasteiger partial charge on any atom is -0.408 e. The van der Waals surface area contributed by atoms with Gasteiger partial charge in [-0.1, -0.05) is 6.07 Å². The van der Waals surface area contributed by atoms with Crippen LogP contribution in [0.15, 0.2) is 27.4 Å². The van der Waals surface area contributed by atoms with Gasteiger partial charge in [-0.15, -0.1) is 0 Å². The number of hydrogen-bond donors (Lipinski definition) is 1. The SMILES string of the molecule is Cn1c(=O)oc2cc(C(N)C3CCCO3)ccc21.